The molecule has 176 valence electrons. The summed E-state index contributed by atoms with van der Waals surface area (Å²) in [5.74, 6) is -0.903. The first-order valence-electron chi connectivity index (χ1n) is 13.1. The average molecular weight is 431 g/mol. The van der Waals surface area contributed by atoms with Crippen molar-refractivity contribution >= 4 is 13.2 Å². The molecule has 0 saturated heterocycles. The molecule has 0 aromatic heterocycles. The van der Waals surface area contributed by atoms with Crippen molar-refractivity contribution in [3.63, 3.8) is 0 Å². The molecular weight excluding hydrogens is 375 g/mol. The van der Waals surface area contributed by atoms with Gasteiger partial charge in [0, 0.05) is 13.2 Å². The molecule has 0 atom stereocenters. The summed E-state index contributed by atoms with van der Waals surface area (Å²) in [7, 11) is -0.420. The molecule has 0 aliphatic heterocycles. The van der Waals surface area contributed by atoms with Gasteiger partial charge in [-0.3, -0.25) is 0 Å². The third-order valence-corrected chi connectivity index (χ3v) is 12.0. The molecule has 29 heavy (non-hydrogen) atoms. The molecule has 0 aromatic rings. The summed E-state index contributed by atoms with van der Waals surface area (Å²) in [5, 5.41) is 10.2. The number of carbonyl (C=O) groups is 1. The predicted molar refractivity (Wildman–Crippen MR) is 134 cm³/mol. The van der Waals surface area contributed by atoms with Crippen LogP contribution in [-0.4, -0.2) is 30.6 Å². The standard InChI is InChI=1S/C18H36O2.C8H20P/c1-2-3-4-5-6-7-8-9-10-11-12-13-14-15-16-17-18(19)20;1-5-9(6-2,7-3)8-4/h2-17H2,1H3,(H,19,20);5-8H2,1-4H3/q;+1/p-1. The second kappa shape index (κ2) is 24.2. The van der Waals surface area contributed by atoms with E-state index in [1.807, 2.05) is 0 Å². The summed E-state index contributed by atoms with van der Waals surface area (Å²) in [5.41, 5.74) is 0. The van der Waals surface area contributed by atoms with Crippen LogP contribution in [0.3, 0.4) is 0 Å². The molecule has 0 rings (SSSR count). The van der Waals surface area contributed by atoms with E-state index in [1.165, 1.54) is 108 Å². The fourth-order valence-electron chi connectivity index (χ4n) is 3.98. The van der Waals surface area contributed by atoms with Crippen LogP contribution in [-0.2, 0) is 4.79 Å². The Balaban J connectivity index is 0. The van der Waals surface area contributed by atoms with Crippen LogP contribution in [0.25, 0.3) is 0 Å². The smallest absolute Gasteiger partial charge is 0.0565 e. The van der Waals surface area contributed by atoms with Crippen molar-refractivity contribution in [3.05, 3.63) is 0 Å². The number of aliphatic carboxylic acids is 1. The van der Waals surface area contributed by atoms with Crippen molar-refractivity contribution in [1.82, 2.24) is 0 Å². The zero-order chi connectivity index (χ0) is 22.2. The molecule has 0 aliphatic rings. The monoisotopic (exact) mass is 430 g/mol. The molecule has 0 spiro atoms. The first-order chi connectivity index (χ1) is 14.0. The summed E-state index contributed by atoms with van der Waals surface area (Å²) < 4.78 is 0. The van der Waals surface area contributed by atoms with Gasteiger partial charge < -0.3 is 9.90 Å². The van der Waals surface area contributed by atoms with Gasteiger partial charge in [-0.1, -0.05) is 96.8 Å². The number of unbranched alkanes of at least 4 members (excludes halogenated alkanes) is 14. The van der Waals surface area contributed by atoms with Gasteiger partial charge in [0.05, 0.1) is 24.6 Å². The lowest BCUT2D eigenvalue weighted by atomic mass is 10.0. The zero-order valence-corrected chi connectivity index (χ0v) is 21.8. The number of rotatable bonds is 20. The molecule has 0 unspecified atom stereocenters. The lowest BCUT2D eigenvalue weighted by Gasteiger charge is -2.20. The van der Waals surface area contributed by atoms with Gasteiger partial charge in [0.2, 0.25) is 0 Å². The minimum Gasteiger partial charge on any atom is -0.550 e. The molecule has 0 fully saturated rings. The second-order valence-corrected chi connectivity index (χ2v) is 13.9. The summed E-state index contributed by atoms with van der Waals surface area (Å²) in [6.07, 6.45) is 25.7. The van der Waals surface area contributed by atoms with Gasteiger partial charge >= 0.3 is 0 Å². The van der Waals surface area contributed by atoms with Crippen LogP contribution in [0.5, 0.6) is 0 Å². The highest BCUT2D eigenvalue weighted by atomic mass is 31.2. The molecule has 0 radical (unpaired) electrons. The van der Waals surface area contributed by atoms with E-state index in [1.54, 1.807) is 0 Å². The number of carbonyl (C=O) groups excluding carboxylic acids is 1. The average Bonchev–Trinajstić information content (AvgIpc) is 2.73. The maximum absolute atomic E-state index is 10.2. The molecule has 0 saturated carbocycles. The van der Waals surface area contributed by atoms with Gasteiger partial charge in [0.1, 0.15) is 0 Å². The van der Waals surface area contributed by atoms with Crippen molar-refractivity contribution in [2.24, 2.45) is 0 Å². The Kier molecular flexibility index (Phi) is 25.9. The Morgan fingerprint density at radius 3 is 1.00 bits per heavy atom. The highest BCUT2D eigenvalue weighted by molar-refractivity contribution is 7.75. The minimum absolute atomic E-state index is 0.234. The van der Waals surface area contributed by atoms with Gasteiger partial charge in [-0.2, -0.15) is 0 Å². The molecule has 2 nitrogen and oxygen atoms in total. The molecule has 3 heteroatoms. The van der Waals surface area contributed by atoms with Crippen LogP contribution in [0.4, 0.5) is 0 Å². The number of hydrogen-bond donors (Lipinski definition) is 0. The Hall–Kier alpha value is -0.100. The van der Waals surface area contributed by atoms with Crippen LogP contribution < -0.4 is 5.11 Å². The number of carboxylic acid groups (broad SMARTS) is 1. The third-order valence-electron chi connectivity index (χ3n) is 6.67. The van der Waals surface area contributed by atoms with Crippen molar-refractivity contribution in [2.75, 3.05) is 24.6 Å². The summed E-state index contributed by atoms with van der Waals surface area (Å²) in [4.78, 5) is 10.2. The van der Waals surface area contributed by atoms with E-state index >= 15 is 0 Å². The van der Waals surface area contributed by atoms with Gasteiger partial charge in [0.15, 0.2) is 0 Å². The topological polar surface area (TPSA) is 40.1 Å². The van der Waals surface area contributed by atoms with Crippen molar-refractivity contribution in [3.8, 4) is 0 Å². The minimum atomic E-state index is -0.903. The van der Waals surface area contributed by atoms with Crippen LogP contribution in [0.2, 0.25) is 0 Å². The Labute approximate surface area is 185 Å². The number of carboxylic acids is 1. The van der Waals surface area contributed by atoms with Gasteiger partial charge in [-0.05, 0) is 40.5 Å². The van der Waals surface area contributed by atoms with Gasteiger partial charge in [0.25, 0.3) is 0 Å². The van der Waals surface area contributed by atoms with E-state index in [0.717, 1.165) is 12.8 Å². The van der Waals surface area contributed by atoms with E-state index in [4.69, 9.17) is 0 Å². The molecular formula is C26H55O2P. The maximum Gasteiger partial charge on any atom is 0.0565 e. The van der Waals surface area contributed by atoms with Gasteiger partial charge in [-0.25, -0.2) is 0 Å². The first kappa shape index (κ1) is 31.1. The van der Waals surface area contributed by atoms with Crippen molar-refractivity contribution < 1.29 is 9.90 Å². The highest BCUT2D eigenvalue weighted by Gasteiger charge is 2.27. The molecule has 0 N–H and O–H groups in total. The fourth-order valence-corrected chi connectivity index (χ4v) is 6.67. The first-order valence-corrected chi connectivity index (χ1v) is 15.6. The molecule has 0 amide bonds. The van der Waals surface area contributed by atoms with Crippen molar-refractivity contribution in [2.45, 2.75) is 137 Å². The third kappa shape index (κ3) is 22.4. The zero-order valence-electron chi connectivity index (χ0n) is 20.9. The quantitative estimate of drug-likeness (QED) is 0.145. The SMILES string of the molecule is CCCCCCCCCCCCCCCCCC(=O)[O-].CC[P+](CC)(CC)CC. The van der Waals surface area contributed by atoms with Crippen LogP contribution in [0.15, 0.2) is 0 Å². The summed E-state index contributed by atoms with van der Waals surface area (Å²) >= 11 is 0. The maximum atomic E-state index is 10.2. The normalized spacial score (nSPS) is 11.2. The Bertz CT molecular complexity index is 309. The Morgan fingerprint density at radius 1 is 0.517 bits per heavy atom. The highest BCUT2D eigenvalue weighted by Crippen LogP contribution is 2.57. The molecule has 0 bridgehead atoms. The van der Waals surface area contributed by atoms with Gasteiger partial charge in [-0.15, -0.1) is 0 Å². The van der Waals surface area contributed by atoms with E-state index in [0.29, 0.717) is 0 Å². The fraction of sp³-hybridized carbons (Fsp3) is 0.962. The largest absolute Gasteiger partial charge is 0.550 e. The number of hydrogen-bond acceptors (Lipinski definition) is 2. The summed E-state index contributed by atoms with van der Waals surface area (Å²) in [6.45, 7) is 11.7. The van der Waals surface area contributed by atoms with E-state index in [-0.39, 0.29) is 6.42 Å². The Morgan fingerprint density at radius 2 is 0.793 bits per heavy atom. The van der Waals surface area contributed by atoms with E-state index in [9.17, 15) is 9.90 Å². The van der Waals surface area contributed by atoms with Crippen LogP contribution >= 0.6 is 7.26 Å². The lowest BCUT2D eigenvalue weighted by Crippen LogP contribution is -2.21. The van der Waals surface area contributed by atoms with Crippen molar-refractivity contribution in [1.29, 1.82) is 0 Å². The van der Waals surface area contributed by atoms with E-state index < -0.39 is 13.2 Å². The molecule has 0 aliphatic carbocycles. The second-order valence-electron chi connectivity index (χ2n) is 8.68. The summed E-state index contributed by atoms with van der Waals surface area (Å²) in [6, 6.07) is 0. The van der Waals surface area contributed by atoms with Crippen LogP contribution in [0.1, 0.15) is 137 Å². The molecule has 0 aromatic carbocycles. The van der Waals surface area contributed by atoms with E-state index in [2.05, 4.69) is 34.6 Å². The molecule has 0 heterocycles. The van der Waals surface area contributed by atoms with Crippen LogP contribution in [0, 0.1) is 0 Å². The lowest BCUT2D eigenvalue weighted by molar-refractivity contribution is -0.305. The predicted octanol–water partition coefficient (Wildman–Crippen LogP) is 8.08.